The molecule has 4 heteroatoms. The predicted molar refractivity (Wildman–Crippen MR) is 97.3 cm³/mol. The number of benzene rings is 2. The molecule has 25 heavy (non-hydrogen) atoms. The first-order valence-electron chi connectivity index (χ1n) is 8.05. The van der Waals surface area contributed by atoms with Crippen molar-refractivity contribution in [1.82, 2.24) is 0 Å². The van der Waals surface area contributed by atoms with Gasteiger partial charge in [0.2, 0.25) is 5.78 Å². The fraction of sp³-hybridized carbons (Fsp3) is 0.190. The minimum atomic E-state index is -0.131. The molecule has 1 aliphatic heterocycles. The lowest BCUT2D eigenvalue weighted by atomic mass is 10.1. The molecule has 128 valence electrons. The van der Waals surface area contributed by atoms with E-state index in [1.807, 2.05) is 44.2 Å². The average molecular weight is 336 g/mol. The van der Waals surface area contributed by atoms with Gasteiger partial charge in [-0.2, -0.15) is 0 Å². The van der Waals surface area contributed by atoms with Crippen molar-refractivity contribution in [3.63, 3.8) is 0 Å². The van der Waals surface area contributed by atoms with Gasteiger partial charge in [0, 0.05) is 6.07 Å². The number of carbonyl (C=O) groups excluding carboxylic acids is 1. The highest BCUT2D eigenvalue weighted by molar-refractivity contribution is 6.14. The van der Waals surface area contributed by atoms with Crippen molar-refractivity contribution in [3.8, 4) is 17.2 Å². The topological polar surface area (TPSA) is 44.8 Å². The summed E-state index contributed by atoms with van der Waals surface area (Å²) in [6.45, 7) is 4.52. The molecule has 0 bridgehead atoms. The van der Waals surface area contributed by atoms with Crippen LogP contribution in [0.4, 0.5) is 0 Å². The highest BCUT2D eigenvalue weighted by Gasteiger charge is 2.27. The van der Waals surface area contributed by atoms with E-state index in [1.165, 1.54) is 5.57 Å². The number of ether oxygens (including phenoxy) is 3. The van der Waals surface area contributed by atoms with E-state index in [0.717, 1.165) is 11.3 Å². The molecule has 2 aromatic rings. The monoisotopic (exact) mass is 336 g/mol. The van der Waals surface area contributed by atoms with Crippen molar-refractivity contribution in [1.29, 1.82) is 0 Å². The van der Waals surface area contributed by atoms with Gasteiger partial charge >= 0.3 is 0 Å². The van der Waals surface area contributed by atoms with Crippen molar-refractivity contribution in [2.24, 2.45) is 0 Å². The molecular weight excluding hydrogens is 316 g/mol. The third-order valence-electron chi connectivity index (χ3n) is 3.77. The fourth-order valence-corrected chi connectivity index (χ4v) is 2.44. The van der Waals surface area contributed by atoms with Crippen LogP contribution < -0.4 is 14.2 Å². The van der Waals surface area contributed by atoms with Gasteiger partial charge in [0.25, 0.3) is 0 Å². The molecular formula is C21H20O4. The van der Waals surface area contributed by atoms with Crippen molar-refractivity contribution in [2.45, 2.75) is 13.8 Å². The maximum absolute atomic E-state index is 12.5. The highest BCUT2D eigenvalue weighted by Crippen LogP contribution is 2.35. The summed E-state index contributed by atoms with van der Waals surface area (Å²) < 4.78 is 16.6. The van der Waals surface area contributed by atoms with Crippen LogP contribution in [-0.4, -0.2) is 19.5 Å². The van der Waals surface area contributed by atoms with Crippen molar-refractivity contribution < 1.29 is 19.0 Å². The zero-order valence-corrected chi connectivity index (χ0v) is 14.5. The van der Waals surface area contributed by atoms with Crippen molar-refractivity contribution in [3.05, 3.63) is 71.0 Å². The minimum absolute atomic E-state index is 0.131. The van der Waals surface area contributed by atoms with Gasteiger partial charge in [-0.1, -0.05) is 17.7 Å². The lowest BCUT2D eigenvalue weighted by molar-refractivity contribution is 0.101. The summed E-state index contributed by atoms with van der Waals surface area (Å²) in [5.74, 6) is 2.09. The SMILES string of the molecule is COc1cccc(/C=C2\Oc3cc(OCC=C(C)C)ccc3C2=O)c1. The van der Waals surface area contributed by atoms with E-state index >= 15 is 0 Å². The Bertz CT molecular complexity index is 858. The minimum Gasteiger partial charge on any atom is -0.497 e. The van der Waals surface area contributed by atoms with Gasteiger partial charge in [-0.25, -0.2) is 0 Å². The molecule has 0 amide bonds. The van der Waals surface area contributed by atoms with Crippen LogP contribution in [-0.2, 0) is 0 Å². The number of methoxy groups -OCH3 is 1. The van der Waals surface area contributed by atoms with Crippen LogP contribution in [0.5, 0.6) is 17.2 Å². The number of carbonyl (C=O) groups is 1. The molecule has 0 aliphatic carbocycles. The van der Waals surface area contributed by atoms with Crippen LogP contribution in [0.15, 0.2) is 59.9 Å². The van der Waals surface area contributed by atoms with Gasteiger partial charge in [0.15, 0.2) is 5.76 Å². The van der Waals surface area contributed by atoms with E-state index in [1.54, 1.807) is 31.4 Å². The van der Waals surface area contributed by atoms with E-state index in [2.05, 4.69) is 0 Å². The molecule has 0 saturated heterocycles. The summed E-state index contributed by atoms with van der Waals surface area (Å²) in [5.41, 5.74) is 2.58. The van der Waals surface area contributed by atoms with E-state index in [-0.39, 0.29) is 5.78 Å². The molecule has 1 aliphatic rings. The molecule has 3 rings (SSSR count). The van der Waals surface area contributed by atoms with Gasteiger partial charge in [0.1, 0.15) is 23.9 Å². The summed E-state index contributed by atoms with van der Waals surface area (Å²) in [4.78, 5) is 12.5. The summed E-state index contributed by atoms with van der Waals surface area (Å²) in [6, 6.07) is 12.7. The highest BCUT2D eigenvalue weighted by atomic mass is 16.5. The Morgan fingerprint density at radius 3 is 2.72 bits per heavy atom. The molecule has 0 saturated carbocycles. The van der Waals surface area contributed by atoms with Crippen LogP contribution in [0.2, 0.25) is 0 Å². The summed E-state index contributed by atoms with van der Waals surface area (Å²) in [5, 5.41) is 0. The fourth-order valence-electron chi connectivity index (χ4n) is 2.44. The average Bonchev–Trinajstić information content (AvgIpc) is 2.90. The third-order valence-corrected chi connectivity index (χ3v) is 3.77. The van der Waals surface area contributed by atoms with E-state index in [0.29, 0.717) is 29.4 Å². The van der Waals surface area contributed by atoms with Crippen LogP contribution in [0, 0.1) is 0 Å². The molecule has 0 atom stereocenters. The van der Waals surface area contributed by atoms with Crippen LogP contribution in [0.1, 0.15) is 29.8 Å². The van der Waals surface area contributed by atoms with E-state index < -0.39 is 0 Å². The Kier molecular flexibility index (Phi) is 4.89. The van der Waals surface area contributed by atoms with Gasteiger partial charge < -0.3 is 14.2 Å². The normalized spacial score (nSPS) is 14.0. The molecule has 1 heterocycles. The largest absolute Gasteiger partial charge is 0.497 e. The standard InChI is InChI=1S/C21H20O4/c1-14(2)9-10-24-17-7-8-18-19(13-17)25-20(21(18)22)12-15-5-4-6-16(11-15)23-3/h4-9,11-13H,10H2,1-3H3/b20-12-. The van der Waals surface area contributed by atoms with E-state index in [9.17, 15) is 4.79 Å². The van der Waals surface area contributed by atoms with Crippen molar-refractivity contribution in [2.75, 3.05) is 13.7 Å². The maximum Gasteiger partial charge on any atom is 0.231 e. The van der Waals surface area contributed by atoms with Crippen LogP contribution in [0.25, 0.3) is 6.08 Å². The number of rotatable bonds is 5. The Balaban J connectivity index is 1.80. The van der Waals surface area contributed by atoms with Crippen LogP contribution in [0.3, 0.4) is 0 Å². The second-order valence-electron chi connectivity index (χ2n) is 5.97. The molecule has 2 aromatic carbocycles. The summed E-state index contributed by atoms with van der Waals surface area (Å²) in [7, 11) is 1.61. The second-order valence-corrected chi connectivity index (χ2v) is 5.97. The lowest BCUT2D eigenvalue weighted by Crippen LogP contribution is -1.98. The van der Waals surface area contributed by atoms with Gasteiger partial charge in [-0.15, -0.1) is 0 Å². The second kappa shape index (κ2) is 7.26. The molecule has 0 N–H and O–H groups in total. The summed E-state index contributed by atoms with van der Waals surface area (Å²) >= 11 is 0. The third kappa shape index (κ3) is 3.91. The number of hydrogen-bond donors (Lipinski definition) is 0. The van der Waals surface area contributed by atoms with Crippen LogP contribution >= 0.6 is 0 Å². The number of ketones is 1. The molecule has 4 nitrogen and oxygen atoms in total. The first kappa shape index (κ1) is 16.8. The zero-order chi connectivity index (χ0) is 17.8. The number of hydrogen-bond acceptors (Lipinski definition) is 4. The Labute approximate surface area is 147 Å². The predicted octanol–water partition coefficient (Wildman–Crippen LogP) is 4.66. The first-order chi connectivity index (χ1) is 12.1. The van der Waals surface area contributed by atoms with Gasteiger partial charge in [0.05, 0.1) is 12.7 Å². The molecule has 0 spiro atoms. The molecule has 0 radical (unpaired) electrons. The Hall–Kier alpha value is -3.01. The number of allylic oxidation sites excluding steroid dienone is 2. The Morgan fingerprint density at radius 2 is 1.96 bits per heavy atom. The molecule has 0 unspecified atom stereocenters. The maximum atomic E-state index is 12.5. The quantitative estimate of drug-likeness (QED) is 0.588. The Morgan fingerprint density at radius 1 is 1.12 bits per heavy atom. The first-order valence-corrected chi connectivity index (χ1v) is 8.05. The molecule has 0 fully saturated rings. The van der Waals surface area contributed by atoms with Crippen molar-refractivity contribution >= 4 is 11.9 Å². The zero-order valence-electron chi connectivity index (χ0n) is 14.5. The lowest BCUT2D eigenvalue weighted by Gasteiger charge is -2.05. The van der Waals surface area contributed by atoms with Gasteiger partial charge in [-0.05, 0) is 55.8 Å². The number of fused-ring (bicyclic) bond motifs is 1. The smallest absolute Gasteiger partial charge is 0.231 e. The summed E-state index contributed by atoms with van der Waals surface area (Å²) in [6.07, 6.45) is 3.71. The van der Waals surface area contributed by atoms with E-state index in [4.69, 9.17) is 14.2 Å². The van der Waals surface area contributed by atoms with Gasteiger partial charge in [-0.3, -0.25) is 4.79 Å². The number of Topliss-reactive ketones (excluding diaryl/α,β-unsaturated/α-hetero) is 1. The molecule has 0 aromatic heterocycles.